The molecule has 0 aromatic heterocycles. The van der Waals surface area contributed by atoms with Crippen LogP contribution in [-0.4, -0.2) is 16.6 Å². The van der Waals surface area contributed by atoms with Crippen molar-refractivity contribution in [3.63, 3.8) is 0 Å². The lowest BCUT2D eigenvalue weighted by Gasteiger charge is -2.30. The molecule has 1 atom stereocenters. The van der Waals surface area contributed by atoms with E-state index in [1.807, 2.05) is 30.3 Å². The second-order valence-corrected chi connectivity index (χ2v) is 7.28. The van der Waals surface area contributed by atoms with Gasteiger partial charge in [-0.25, -0.2) is 0 Å². The van der Waals surface area contributed by atoms with Crippen LogP contribution in [0.3, 0.4) is 0 Å². The molecular weight excluding hydrogens is 348 g/mol. The Labute approximate surface area is 160 Å². The highest BCUT2D eigenvalue weighted by Gasteiger charge is 2.18. The molecule has 2 nitrogen and oxygen atoms in total. The standard InChI is InChI=1S/C21H23ClN2S/c22-19-11-13-20(14-12-19)23-21(25)24(15-17-7-3-1-4-8-17)16-18-9-5-2-6-10-18/h1-5,7-8,11-14,18H,6,9-10,15-16H2,(H,23,25)/t18-/m0/s1. The molecule has 0 aliphatic heterocycles. The third-order valence-corrected chi connectivity index (χ3v) is 5.07. The maximum atomic E-state index is 5.97. The largest absolute Gasteiger partial charge is 0.344 e. The summed E-state index contributed by atoms with van der Waals surface area (Å²) in [7, 11) is 0. The van der Waals surface area contributed by atoms with Crippen LogP contribution < -0.4 is 5.32 Å². The van der Waals surface area contributed by atoms with Gasteiger partial charge in [-0.15, -0.1) is 0 Å². The zero-order chi connectivity index (χ0) is 17.5. The molecule has 1 N–H and O–H groups in total. The number of hydrogen-bond acceptors (Lipinski definition) is 1. The summed E-state index contributed by atoms with van der Waals surface area (Å²) < 4.78 is 0. The fourth-order valence-electron chi connectivity index (χ4n) is 3.09. The van der Waals surface area contributed by atoms with Gasteiger partial charge < -0.3 is 10.2 Å². The van der Waals surface area contributed by atoms with Crippen molar-refractivity contribution in [2.45, 2.75) is 25.8 Å². The Balaban J connectivity index is 1.70. The van der Waals surface area contributed by atoms with E-state index >= 15 is 0 Å². The van der Waals surface area contributed by atoms with Gasteiger partial charge in [-0.05, 0) is 67.2 Å². The van der Waals surface area contributed by atoms with E-state index in [9.17, 15) is 0 Å². The predicted octanol–water partition coefficient (Wildman–Crippen LogP) is 5.90. The normalized spacial score (nSPS) is 16.4. The Morgan fingerprint density at radius 2 is 1.84 bits per heavy atom. The Bertz CT molecular complexity index is 712. The van der Waals surface area contributed by atoms with Crippen molar-refractivity contribution in [1.29, 1.82) is 0 Å². The minimum atomic E-state index is 0.652. The Morgan fingerprint density at radius 1 is 1.08 bits per heavy atom. The van der Waals surface area contributed by atoms with Crippen molar-refractivity contribution >= 4 is 34.6 Å². The average molecular weight is 371 g/mol. The van der Waals surface area contributed by atoms with Crippen molar-refractivity contribution in [1.82, 2.24) is 4.90 Å². The molecule has 2 aromatic carbocycles. The van der Waals surface area contributed by atoms with Crippen LogP contribution in [0.15, 0.2) is 66.7 Å². The molecule has 130 valence electrons. The lowest BCUT2D eigenvalue weighted by molar-refractivity contribution is 0.319. The van der Waals surface area contributed by atoms with Gasteiger partial charge in [-0.2, -0.15) is 0 Å². The highest BCUT2D eigenvalue weighted by Crippen LogP contribution is 2.21. The van der Waals surface area contributed by atoms with E-state index in [0.29, 0.717) is 5.92 Å². The highest BCUT2D eigenvalue weighted by molar-refractivity contribution is 7.80. The van der Waals surface area contributed by atoms with Gasteiger partial charge in [0.25, 0.3) is 0 Å². The molecule has 1 aliphatic rings. The smallest absolute Gasteiger partial charge is 0.173 e. The average Bonchev–Trinajstić information content (AvgIpc) is 2.65. The maximum Gasteiger partial charge on any atom is 0.173 e. The first-order valence-corrected chi connectivity index (χ1v) is 9.50. The van der Waals surface area contributed by atoms with E-state index in [0.717, 1.165) is 35.3 Å². The fourth-order valence-corrected chi connectivity index (χ4v) is 3.48. The molecule has 0 saturated heterocycles. The highest BCUT2D eigenvalue weighted by atomic mass is 35.5. The minimum Gasteiger partial charge on any atom is -0.344 e. The van der Waals surface area contributed by atoms with Crippen molar-refractivity contribution < 1.29 is 0 Å². The van der Waals surface area contributed by atoms with E-state index < -0.39 is 0 Å². The van der Waals surface area contributed by atoms with Crippen molar-refractivity contribution in [2.75, 3.05) is 11.9 Å². The van der Waals surface area contributed by atoms with Gasteiger partial charge in [0.15, 0.2) is 5.11 Å². The number of rotatable bonds is 5. The van der Waals surface area contributed by atoms with Crippen LogP contribution in [-0.2, 0) is 6.54 Å². The van der Waals surface area contributed by atoms with Crippen LogP contribution in [0.2, 0.25) is 5.02 Å². The number of allylic oxidation sites excluding steroid dienone is 2. The number of halogens is 1. The summed E-state index contributed by atoms with van der Waals surface area (Å²) in [6, 6.07) is 18.2. The molecule has 0 fully saturated rings. The van der Waals surface area contributed by atoms with E-state index in [1.165, 1.54) is 18.4 Å². The molecule has 0 saturated carbocycles. The van der Waals surface area contributed by atoms with Crippen LogP contribution in [0.1, 0.15) is 24.8 Å². The summed E-state index contributed by atoms with van der Waals surface area (Å²) >= 11 is 11.7. The van der Waals surface area contributed by atoms with E-state index in [4.69, 9.17) is 23.8 Å². The van der Waals surface area contributed by atoms with Crippen LogP contribution >= 0.6 is 23.8 Å². The van der Waals surface area contributed by atoms with E-state index in [2.05, 4.69) is 46.6 Å². The zero-order valence-electron chi connectivity index (χ0n) is 14.2. The number of thiocarbonyl (C=S) groups is 1. The summed E-state index contributed by atoms with van der Waals surface area (Å²) in [4.78, 5) is 2.28. The minimum absolute atomic E-state index is 0.652. The van der Waals surface area contributed by atoms with E-state index in [1.54, 1.807) is 0 Å². The molecule has 2 aromatic rings. The van der Waals surface area contributed by atoms with Gasteiger partial charge in [0.05, 0.1) is 0 Å². The Morgan fingerprint density at radius 3 is 2.52 bits per heavy atom. The summed E-state index contributed by atoms with van der Waals surface area (Å²) in [5.74, 6) is 0.652. The van der Waals surface area contributed by atoms with Gasteiger partial charge >= 0.3 is 0 Å². The quantitative estimate of drug-likeness (QED) is 0.521. The predicted molar refractivity (Wildman–Crippen MR) is 111 cm³/mol. The van der Waals surface area contributed by atoms with Crippen molar-refractivity contribution in [2.24, 2.45) is 5.92 Å². The monoisotopic (exact) mass is 370 g/mol. The Hall–Kier alpha value is -1.84. The summed E-state index contributed by atoms with van der Waals surface area (Å²) in [5.41, 5.74) is 2.24. The third kappa shape index (κ3) is 5.58. The van der Waals surface area contributed by atoms with Crippen LogP contribution in [0.4, 0.5) is 5.69 Å². The topological polar surface area (TPSA) is 15.3 Å². The summed E-state index contributed by atoms with van der Waals surface area (Å²) in [5, 5.41) is 4.85. The zero-order valence-corrected chi connectivity index (χ0v) is 15.8. The first-order chi connectivity index (χ1) is 12.2. The molecule has 0 spiro atoms. The van der Waals surface area contributed by atoms with Crippen molar-refractivity contribution in [3.05, 3.63) is 77.3 Å². The van der Waals surface area contributed by atoms with Gasteiger partial charge in [0.2, 0.25) is 0 Å². The molecular formula is C21H23ClN2S. The molecule has 0 unspecified atom stereocenters. The first kappa shape index (κ1) is 18.0. The van der Waals surface area contributed by atoms with Crippen LogP contribution in [0.5, 0.6) is 0 Å². The number of hydrogen-bond donors (Lipinski definition) is 1. The van der Waals surface area contributed by atoms with Gasteiger partial charge in [0, 0.05) is 23.8 Å². The maximum absolute atomic E-state index is 5.97. The van der Waals surface area contributed by atoms with Crippen molar-refractivity contribution in [3.8, 4) is 0 Å². The van der Waals surface area contributed by atoms with Gasteiger partial charge in [0.1, 0.15) is 0 Å². The number of nitrogens with one attached hydrogen (secondary N) is 1. The summed E-state index contributed by atoms with van der Waals surface area (Å²) in [6.45, 7) is 1.79. The molecule has 4 heteroatoms. The van der Waals surface area contributed by atoms with Gasteiger partial charge in [-0.3, -0.25) is 0 Å². The second-order valence-electron chi connectivity index (χ2n) is 6.45. The molecule has 0 heterocycles. The fraction of sp³-hybridized carbons (Fsp3) is 0.286. The number of nitrogens with zero attached hydrogens (tertiary/aromatic N) is 1. The lowest BCUT2D eigenvalue weighted by Crippen LogP contribution is -2.38. The first-order valence-electron chi connectivity index (χ1n) is 8.71. The molecule has 0 radical (unpaired) electrons. The molecule has 3 rings (SSSR count). The molecule has 0 bridgehead atoms. The lowest BCUT2D eigenvalue weighted by atomic mass is 9.94. The van der Waals surface area contributed by atoms with Crippen LogP contribution in [0.25, 0.3) is 0 Å². The van der Waals surface area contributed by atoms with Gasteiger partial charge in [-0.1, -0.05) is 54.1 Å². The Kier molecular flexibility index (Phi) is 6.48. The third-order valence-electron chi connectivity index (χ3n) is 4.46. The number of anilines is 1. The van der Waals surface area contributed by atoms with E-state index in [-0.39, 0.29) is 0 Å². The second kappa shape index (κ2) is 9.02. The SMILES string of the molecule is S=C(Nc1ccc(Cl)cc1)N(Cc1ccccc1)C[C@H]1CC=CCC1. The molecule has 1 aliphatic carbocycles. The molecule has 0 amide bonds. The molecule has 25 heavy (non-hydrogen) atoms. The summed E-state index contributed by atoms with van der Waals surface area (Å²) in [6.07, 6.45) is 8.11. The number of benzene rings is 2. The van der Waals surface area contributed by atoms with Crippen LogP contribution in [0, 0.1) is 5.92 Å².